The number of carbonyl (C=O) groups excluding carboxylic acids is 2. The van der Waals surface area contributed by atoms with Gasteiger partial charge in [-0.05, 0) is 26.7 Å². The van der Waals surface area contributed by atoms with Gasteiger partial charge in [0.25, 0.3) is 0 Å². The first-order chi connectivity index (χ1) is 8.41. The van der Waals surface area contributed by atoms with Crippen molar-refractivity contribution in [2.45, 2.75) is 58.2 Å². The summed E-state index contributed by atoms with van der Waals surface area (Å²) >= 11 is 0. The maximum Gasteiger partial charge on any atom is 0.249 e. The van der Waals surface area contributed by atoms with Gasteiger partial charge in [-0.2, -0.15) is 0 Å². The van der Waals surface area contributed by atoms with Crippen LogP contribution < -0.4 is 5.32 Å². The van der Waals surface area contributed by atoms with Crippen LogP contribution in [0.5, 0.6) is 0 Å². The normalized spacial score (nSPS) is 30.3. The van der Waals surface area contributed by atoms with Crippen LogP contribution >= 0.6 is 0 Å². The molecule has 18 heavy (non-hydrogen) atoms. The maximum atomic E-state index is 12.6. The minimum Gasteiger partial charge on any atom is -0.383 e. The van der Waals surface area contributed by atoms with Crippen molar-refractivity contribution < 1.29 is 14.3 Å². The molecule has 1 N–H and O–H groups in total. The van der Waals surface area contributed by atoms with Gasteiger partial charge in [0.15, 0.2) is 0 Å². The predicted molar refractivity (Wildman–Crippen MR) is 69.1 cm³/mol. The lowest BCUT2D eigenvalue weighted by atomic mass is 9.90. The third-order valence-corrected chi connectivity index (χ3v) is 3.83. The van der Waals surface area contributed by atoms with Crippen molar-refractivity contribution in [1.29, 1.82) is 0 Å². The van der Waals surface area contributed by atoms with Crippen molar-refractivity contribution >= 4 is 11.8 Å². The molecule has 0 aromatic heterocycles. The zero-order valence-corrected chi connectivity index (χ0v) is 11.9. The monoisotopic (exact) mass is 256 g/mol. The fourth-order valence-electron chi connectivity index (χ4n) is 2.33. The molecule has 3 unspecified atom stereocenters. The van der Waals surface area contributed by atoms with E-state index in [1.807, 2.05) is 13.8 Å². The van der Waals surface area contributed by atoms with Crippen LogP contribution in [0, 0.1) is 0 Å². The van der Waals surface area contributed by atoms with Gasteiger partial charge in [0.2, 0.25) is 11.8 Å². The van der Waals surface area contributed by atoms with Crippen LogP contribution in [0.2, 0.25) is 0 Å². The standard InChI is InChI=1S/C13H24N2O3/c1-6-10(8-18-5)15-9(3)11(16)14-13(4,7-2)12(15)17/h9-10H,6-8H2,1-5H3,(H,14,16). The minimum atomic E-state index is -0.787. The van der Waals surface area contributed by atoms with Crippen LogP contribution in [0.1, 0.15) is 40.5 Å². The minimum absolute atomic E-state index is 0.0130. The number of rotatable bonds is 5. The molecule has 1 fully saturated rings. The van der Waals surface area contributed by atoms with Crippen LogP contribution in [0.3, 0.4) is 0 Å². The van der Waals surface area contributed by atoms with E-state index in [-0.39, 0.29) is 17.9 Å². The fraction of sp³-hybridized carbons (Fsp3) is 0.846. The number of carbonyl (C=O) groups is 2. The summed E-state index contributed by atoms with van der Waals surface area (Å²) in [5.74, 6) is -0.102. The molecule has 5 nitrogen and oxygen atoms in total. The number of amides is 2. The second-order valence-corrected chi connectivity index (χ2v) is 5.08. The van der Waals surface area contributed by atoms with E-state index in [9.17, 15) is 9.59 Å². The highest BCUT2D eigenvalue weighted by Gasteiger charge is 2.47. The molecule has 0 saturated carbocycles. The Morgan fingerprint density at radius 2 is 2.06 bits per heavy atom. The summed E-state index contributed by atoms with van der Waals surface area (Å²) in [5, 5.41) is 2.82. The molecule has 104 valence electrons. The van der Waals surface area contributed by atoms with Gasteiger partial charge in [0.05, 0.1) is 12.6 Å². The average Bonchev–Trinajstić information content (AvgIpc) is 2.35. The van der Waals surface area contributed by atoms with Gasteiger partial charge in [-0.1, -0.05) is 13.8 Å². The molecule has 1 aliphatic rings. The lowest BCUT2D eigenvalue weighted by Gasteiger charge is -2.46. The quantitative estimate of drug-likeness (QED) is 0.796. The van der Waals surface area contributed by atoms with Gasteiger partial charge in [-0.15, -0.1) is 0 Å². The first-order valence-corrected chi connectivity index (χ1v) is 6.55. The largest absolute Gasteiger partial charge is 0.383 e. The molecule has 1 saturated heterocycles. The number of hydrogen-bond donors (Lipinski definition) is 1. The summed E-state index contributed by atoms with van der Waals surface area (Å²) in [6.07, 6.45) is 1.36. The Morgan fingerprint density at radius 3 is 2.50 bits per heavy atom. The molecule has 1 rings (SSSR count). The van der Waals surface area contributed by atoms with Gasteiger partial charge in [-0.3, -0.25) is 9.59 Å². The van der Waals surface area contributed by atoms with Crippen LogP contribution in [-0.4, -0.2) is 48.1 Å². The summed E-state index contributed by atoms with van der Waals surface area (Å²) < 4.78 is 5.16. The van der Waals surface area contributed by atoms with Crippen LogP contribution in [0.25, 0.3) is 0 Å². The highest BCUT2D eigenvalue weighted by atomic mass is 16.5. The molecule has 0 spiro atoms. The Labute approximate surface area is 109 Å². The number of piperazine rings is 1. The van der Waals surface area contributed by atoms with Gasteiger partial charge in [0, 0.05) is 7.11 Å². The van der Waals surface area contributed by atoms with Gasteiger partial charge >= 0.3 is 0 Å². The molecule has 5 heteroatoms. The molecule has 2 amide bonds. The number of ether oxygens (including phenoxy) is 1. The van der Waals surface area contributed by atoms with Crippen LogP contribution in [0.4, 0.5) is 0 Å². The number of methoxy groups -OCH3 is 1. The smallest absolute Gasteiger partial charge is 0.249 e. The Morgan fingerprint density at radius 1 is 1.44 bits per heavy atom. The van der Waals surface area contributed by atoms with Crippen molar-refractivity contribution in [2.75, 3.05) is 13.7 Å². The summed E-state index contributed by atoms with van der Waals surface area (Å²) in [5.41, 5.74) is -0.787. The summed E-state index contributed by atoms with van der Waals surface area (Å²) in [4.78, 5) is 26.3. The summed E-state index contributed by atoms with van der Waals surface area (Å²) in [7, 11) is 1.61. The molecule has 1 heterocycles. The van der Waals surface area contributed by atoms with E-state index in [1.54, 1.807) is 25.9 Å². The first-order valence-electron chi connectivity index (χ1n) is 6.55. The van der Waals surface area contributed by atoms with E-state index < -0.39 is 11.6 Å². The van der Waals surface area contributed by atoms with Crippen molar-refractivity contribution in [3.63, 3.8) is 0 Å². The highest BCUT2D eigenvalue weighted by Crippen LogP contribution is 2.24. The molecule has 1 aliphatic heterocycles. The van der Waals surface area contributed by atoms with E-state index in [0.717, 1.165) is 6.42 Å². The van der Waals surface area contributed by atoms with Crippen LogP contribution in [0.15, 0.2) is 0 Å². The summed E-state index contributed by atoms with van der Waals surface area (Å²) in [6.45, 7) is 7.91. The third-order valence-electron chi connectivity index (χ3n) is 3.83. The Kier molecular flexibility index (Phi) is 4.73. The van der Waals surface area contributed by atoms with E-state index in [0.29, 0.717) is 13.0 Å². The Bertz CT molecular complexity index is 332. The molecule has 0 aromatic carbocycles. The van der Waals surface area contributed by atoms with Crippen molar-refractivity contribution in [3.05, 3.63) is 0 Å². The lowest BCUT2D eigenvalue weighted by Crippen LogP contribution is -2.70. The van der Waals surface area contributed by atoms with E-state index in [1.165, 1.54) is 0 Å². The zero-order chi connectivity index (χ0) is 13.9. The zero-order valence-electron chi connectivity index (χ0n) is 11.9. The second kappa shape index (κ2) is 5.69. The lowest BCUT2D eigenvalue weighted by molar-refractivity contribution is -0.158. The van der Waals surface area contributed by atoms with Crippen molar-refractivity contribution in [2.24, 2.45) is 0 Å². The number of nitrogens with zero attached hydrogens (tertiary/aromatic N) is 1. The fourth-order valence-corrected chi connectivity index (χ4v) is 2.33. The molecule has 0 radical (unpaired) electrons. The van der Waals surface area contributed by atoms with Gasteiger partial charge < -0.3 is 15.0 Å². The summed E-state index contributed by atoms with van der Waals surface area (Å²) in [6, 6.07) is -0.480. The van der Waals surface area contributed by atoms with Crippen molar-refractivity contribution in [1.82, 2.24) is 10.2 Å². The Balaban J connectivity index is 3.05. The number of nitrogens with one attached hydrogen (secondary N) is 1. The first kappa shape index (κ1) is 15.0. The number of hydrogen-bond acceptors (Lipinski definition) is 3. The third kappa shape index (κ3) is 2.51. The Hall–Kier alpha value is -1.10. The SMILES string of the molecule is CCC(COC)N1C(=O)C(C)(CC)NC(=O)C1C. The van der Waals surface area contributed by atoms with Gasteiger partial charge in [0.1, 0.15) is 11.6 Å². The van der Waals surface area contributed by atoms with Crippen LogP contribution in [-0.2, 0) is 14.3 Å². The highest BCUT2D eigenvalue weighted by molar-refractivity contribution is 5.99. The topological polar surface area (TPSA) is 58.6 Å². The molecule has 0 aliphatic carbocycles. The molecular weight excluding hydrogens is 232 g/mol. The molecule has 0 bridgehead atoms. The van der Waals surface area contributed by atoms with E-state index in [4.69, 9.17) is 4.74 Å². The maximum absolute atomic E-state index is 12.6. The predicted octanol–water partition coefficient (Wildman–Crippen LogP) is 0.927. The van der Waals surface area contributed by atoms with E-state index in [2.05, 4.69) is 5.32 Å². The molecule has 0 aromatic rings. The molecule has 3 atom stereocenters. The van der Waals surface area contributed by atoms with E-state index >= 15 is 0 Å². The van der Waals surface area contributed by atoms with Gasteiger partial charge in [-0.25, -0.2) is 0 Å². The molecular formula is C13H24N2O3. The van der Waals surface area contributed by atoms with Crippen molar-refractivity contribution in [3.8, 4) is 0 Å². The average molecular weight is 256 g/mol. The second-order valence-electron chi connectivity index (χ2n) is 5.08.